The normalized spacial score (nSPS) is 11.2. The van der Waals surface area contributed by atoms with Crippen molar-refractivity contribution in [3.63, 3.8) is 0 Å². The fraction of sp³-hybridized carbons (Fsp3) is 0.214. The third-order valence-electron chi connectivity index (χ3n) is 5.36. The molecule has 0 saturated heterocycles. The zero-order chi connectivity index (χ0) is 24.1. The Morgan fingerprint density at radius 1 is 0.912 bits per heavy atom. The number of hydrogen-bond acceptors (Lipinski definition) is 3. The minimum Gasteiger partial charge on any atom is -0.489 e. The van der Waals surface area contributed by atoms with Crippen LogP contribution < -0.4 is 15.4 Å². The van der Waals surface area contributed by atoms with Crippen LogP contribution in [0.3, 0.4) is 0 Å². The molecule has 2 amide bonds. The van der Waals surface area contributed by atoms with Gasteiger partial charge in [-0.3, -0.25) is 5.32 Å². The van der Waals surface area contributed by atoms with E-state index in [0.29, 0.717) is 18.1 Å². The number of aromatic nitrogens is 2. The summed E-state index contributed by atoms with van der Waals surface area (Å²) in [6.07, 6.45) is 0. The van der Waals surface area contributed by atoms with Crippen LogP contribution in [0, 0.1) is 6.92 Å². The van der Waals surface area contributed by atoms with Crippen LogP contribution in [0.25, 0.3) is 5.69 Å². The van der Waals surface area contributed by atoms with Crippen molar-refractivity contribution in [2.75, 3.05) is 10.6 Å². The summed E-state index contributed by atoms with van der Waals surface area (Å²) in [5.41, 5.74) is 4.55. The number of urea groups is 1. The maximum absolute atomic E-state index is 12.8. The lowest BCUT2D eigenvalue weighted by atomic mass is 9.92. The van der Waals surface area contributed by atoms with E-state index in [1.165, 1.54) is 0 Å². The van der Waals surface area contributed by atoms with Crippen molar-refractivity contribution in [3.05, 3.63) is 102 Å². The second-order valence-corrected chi connectivity index (χ2v) is 9.29. The average molecular weight is 455 g/mol. The first kappa shape index (κ1) is 23.1. The Labute approximate surface area is 200 Å². The van der Waals surface area contributed by atoms with Gasteiger partial charge >= 0.3 is 6.03 Å². The fourth-order valence-electron chi connectivity index (χ4n) is 3.37. The summed E-state index contributed by atoms with van der Waals surface area (Å²) < 4.78 is 7.58. The van der Waals surface area contributed by atoms with Crippen LogP contribution in [0.1, 0.15) is 37.6 Å². The van der Waals surface area contributed by atoms with E-state index in [4.69, 9.17) is 9.84 Å². The lowest BCUT2D eigenvalue weighted by Gasteiger charge is -2.14. The van der Waals surface area contributed by atoms with Crippen LogP contribution >= 0.6 is 0 Å². The van der Waals surface area contributed by atoms with Gasteiger partial charge in [-0.25, -0.2) is 9.48 Å². The van der Waals surface area contributed by atoms with E-state index >= 15 is 0 Å². The first-order valence-corrected chi connectivity index (χ1v) is 11.3. The number of ether oxygens (including phenoxy) is 1. The molecule has 1 heterocycles. The molecular weight excluding hydrogens is 424 g/mol. The van der Waals surface area contributed by atoms with Gasteiger partial charge in [0.05, 0.1) is 11.4 Å². The summed E-state index contributed by atoms with van der Waals surface area (Å²) >= 11 is 0. The van der Waals surface area contributed by atoms with Crippen LogP contribution in [-0.2, 0) is 12.0 Å². The molecule has 4 aromatic rings. The Hall–Kier alpha value is -4.06. The van der Waals surface area contributed by atoms with Gasteiger partial charge in [-0.2, -0.15) is 5.10 Å². The molecule has 3 aromatic carbocycles. The van der Waals surface area contributed by atoms with Crippen molar-refractivity contribution in [2.24, 2.45) is 0 Å². The van der Waals surface area contributed by atoms with Gasteiger partial charge in [0, 0.05) is 17.2 Å². The topological polar surface area (TPSA) is 68.2 Å². The minimum absolute atomic E-state index is 0.154. The third-order valence-corrected chi connectivity index (χ3v) is 5.36. The summed E-state index contributed by atoms with van der Waals surface area (Å²) in [6, 6.07) is 26.9. The highest BCUT2D eigenvalue weighted by Gasteiger charge is 2.21. The number of carbonyl (C=O) groups is 1. The van der Waals surface area contributed by atoms with Crippen LogP contribution in [0.5, 0.6) is 5.75 Å². The van der Waals surface area contributed by atoms with E-state index in [9.17, 15) is 4.79 Å². The molecule has 2 N–H and O–H groups in total. The van der Waals surface area contributed by atoms with Gasteiger partial charge in [-0.05, 0) is 48.9 Å². The van der Waals surface area contributed by atoms with Gasteiger partial charge in [-0.15, -0.1) is 0 Å². The molecule has 174 valence electrons. The Balaban J connectivity index is 1.44. The van der Waals surface area contributed by atoms with Gasteiger partial charge in [0.2, 0.25) is 0 Å². The van der Waals surface area contributed by atoms with Gasteiger partial charge in [0.25, 0.3) is 0 Å². The van der Waals surface area contributed by atoms with Gasteiger partial charge in [0.15, 0.2) is 0 Å². The number of carbonyl (C=O) groups excluding carboxylic acids is 1. The summed E-state index contributed by atoms with van der Waals surface area (Å²) in [5.74, 6) is 1.34. The van der Waals surface area contributed by atoms with Gasteiger partial charge in [-0.1, -0.05) is 68.8 Å². The molecule has 0 aliphatic carbocycles. The Bertz CT molecular complexity index is 1240. The summed E-state index contributed by atoms with van der Waals surface area (Å²) in [5, 5.41) is 10.6. The highest BCUT2D eigenvalue weighted by atomic mass is 16.5. The zero-order valence-electron chi connectivity index (χ0n) is 20.0. The predicted octanol–water partition coefficient (Wildman–Crippen LogP) is 6.70. The number of nitrogens with one attached hydrogen (secondary N) is 2. The molecule has 6 heteroatoms. The number of nitrogens with zero attached hydrogens (tertiary/aromatic N) is 2. The van der Waals surface area contributed by atoms with E-state index in [1.54, 1.807) is 4.68 Å². The van der Waals surface area contributed by atoms with Crippen LogP contribution in [-0.4, -0.2) is 15.8 Å². The Morgan fingerprint density at radius 3 is 2.24 bits per heavy atom. The smallest absolute Gasteiger partial charge is 0.324 e. The number of benzene rings is 3. The summed E-state index contributed by atoms with van der Waals surface area (Å²) in [7, 11) is 0. The first-order valence-electron chi connectivity index (χ1n) is 11.3. The van der Waals surface area contributed by atoms with Gasteiger partial charge < -0.3 is 10.1 Å². The number of rotatable bonds is 6. The van der Waals surface area contributed by atoms with Gasteiger partial charge in [0.1, 0.15) is 18.2 Å². The first-order chi connectivity index (χ1) is 16.3. The highest BCUT2D eigenvalue weighted by Crippen LogP contribution is 2.27. The molecule has 0 aliphatic rings. The predicted molar refractivity (Wildman–Crippen MR) is 137 cm³/mol. The molecule has 0 atom stereocenters. The van der Waals surface area contributed by atoms with E-state index in [0.717, 1.165) is 28.3 Å². The summed E-state index contributed by atoms with van der Waals surface area (Å²) in [6.45, 7) is 8.82. The fourth-order valence-corrected chi connectivity index (χ4v) is 3.37. The van der Waals surface area contributed by atoms with E-state index in [1.807, 2.05) is 91.9 Å². The molecule has 1 aromatic heterocycles. The molecular formula is C28H30N4O2. The van der Waals surface area contributed by atoms with E-state index < -0.39 is 0 Å². The lowest BCUT2D eigenvalue weighted by molar-refractivity contribution is 0.262. The van der Waals surface area contributed by atoms with Crippen molar-refractivity contribution in [3.8, 4) is 11.4 Å². The number of amides is 2. The van der Waals surface area contributed by atoms with Crippen LogP contribution in [0.15, 0.2) is 84.9 Å². The van der Waals surface area contributed by atoms with E-state index in [-0.39, 0.29) is 11.4 Å². The largest absolute Gasteiger partial charge is 0.489 e. The molecule has 6 nitrogen and oxygen atoms in total. The highest BCUT2D eigenvalue weighted by molar-refractivity contribution is 5.99. The molecule has 0 radical (unpaired) electrons. The van der Waals surface area contributed by atoms with Crippen molar-refractivity contribution in [1.29, 1.82) is 0 Å². The molecule has 4 rings (SSSR count). The molecule has 0 aliphatic heterocycles. The molecule has 0 saturated carbocycles. The van der Waals surface area contributed by atoms with Crippen molar-refractivity contribution < 1.29 is 9.53 Å². The monoisotopic (exact) mass is 454 g/mol. The molecule has 0 bridgehead atoms. The number of anilines is 2. The SMILES string of the molecule is Cc1ccc(-n2nc(C(C)(C)C)cc2NC(=O)Nc2ccc(OCc3ccccc3)cc2)cc1. The summed E-state index contributed by atoms with van der Waals surface area (Å²) in [4.78, 5) is 12.8. The van der Waals surface area contributed by atoms with Crippen LogP contribution in [0.2, 0.25) is 0 Å². The number of hydrogen-bond donors (Lipinski definition) is 2. The van der Waals surface area contributed by atoms with Crippen molar-refractivity contribution in [2.45, 2.75) is 39.7 Å². The van der Waals surface area contributed by atoms with E-state index in [2.05, 4.69) is 31.4 Å². The second-order valence-electron chi connectivity index (χ2n) is 9.29. The molecule has 0 spiro atoms. The van der Waals surface area contributed by atoms with Crippen molar-refractivity contribution >= 4 is 17.5 Å². The lowest BCUT2D eigenvalue weighted by Crippen LogP contribution is -2.21. The molecule has 34 heavy (non-hydrogen) atoms. The number of aryl methyl sites for hydroxylation is 1. The third kappa shape index (κ3) is 5.84. The maximum atomic E-state index is 12.8. The Kier molecular flexibility index (Phi) is 6.68. The standard InChI is InChI=1S/C28H30N4O2/c1-20-10-14-23(15-11-20)32-26(18-25(31-32)28(2,3)4)30-27(33)29-22-12-16-24(17-13-22)34-19-21-8-6-5-7-9-21/h5-18H,19H2,1-4H3,(H2,29,30,33). The molecule has 0 fully saturated rings. The average Bonchev–Trinajstić information content (AvgIpc) is 3.24. The minimum atomic E-state index is -0.341. The van der Waals surface area contributed by atoms with Crippen molar-refractivity contribution in [1.82, 2.24) is 9.78 Å². The Morgan fingerprint density at radius 2 is 1.59 bits per heavy atom. The van der Waals surface area contributed by atoms with Crippen LogP contribution in [0.4, 0.5) is 16.3 Å². The quantitative estimate of drug-likeness (QED) is 0.341. The second kappa shape index (κ2) is 9.83. The zero-order valence-corrected chi connectivity index (χ0v) is 20.0. The maximum Gasteiger partial charge on any atom is 0.324 e. The molecule has 0 unspecified atom stereocenters.